The molecule has 1 fully saturated rings. The lowest BCUT2D eigenvalue weighted by atomic mass is 10.4. The van der Waals surface area contributed by atoms with Gasteiger partial charge in [0.2, 0.25) is 17.8 Å². The van der Waals surface area contributed by atoms with E-state index in [4.69, 9.17) is 33.7 Å². The molecule has 1 aliphatic rings. The first-order chi connectivity index (χ1) is 8.75. The Balaban J connectivity index is 0.000000312. The van der Waals surface area contributed by atoms with Gasteiger partial charge < -0.3 is 21.1 Å². The van der Waals surface area contributed by atoms with Gasteiger partial charge in [-0.3, -0.25) is 9.11 Å². The van der Waals surface area contributed by atoms with Crippen LogP contribution in [0.5, 0.6) is 0 Å². The Labute approximate surface area is 109 Å². The largest absolute Gasteiger partial charge is 0.394 e. The number of nitrogens with two attached hydrogens (primary N) is 2. The molecule has 0 atom stereocenters. The Hall–Kier alpha value is -1.76. The van der Waals surface area contributed by atoms with E-state index in [-0.39, 0.29) is 11.9 Å². The number of nitrogens with zero attached hydrogens (tertiary/aromatic N) is 4. The van der Waals surface area contributed by atoms with Crippen LogP contribution in [0.3, 0.4) is 0 Å². The van der Waals surface area contributed by atoms with Crippen LogP contribution in [0.4, 0.5) is 17.8 Å². The Kier molecular flexibility index (Phi) is 5.17. The zero-order valence-corrected chi connectivity index (χ0v) is 10.6. The molecule has 0 amide bonds. The maximum Gasteiger partial charge on any atom is 0.394 e. The Morgan fingerprint density at radius 2 is 1.47 bits per heavy atom. The number of anilines is 3. The summed E-state index contributed by atoms with van der Waals surface area (Å²) in [5.41, 5.74) is 10.9. The fraction of sp³-hybridized carbons (Fsp3) is 0.571. The number of hydrogen-bond donors (Lipinski definition) is 4. The van der Waals surface area contributed by atoms with Crippen LogP contribution in [0.25, 0.3) is 0 Å². The predicted molar refractivity (Wildman–Crippen MR) is 65.9 cm³/mol. The molecule has 1 aromatic rings. The van der Waals surface area contributed by atoms with Gasteiger partial charge >= 0.3 is 10.4 Å². The number of hydrogen-bond acceptors (Lipinski definition) is 9. The second-order valence-corrected chi connectivity index (χ2v) is 4.29. The van der Waals surface area contributed by atoms with E-state index in [1.807, 2.05) is 4.90 Å². The van der Waals surface area contributed by atoms with Crippen molar-refractivity contribution in [2.75, 3.05) is 42.7 Å². The number of morpholine rings is 1. The smallest absolute Gasteiger partial charge is 0.378 e. The van der Waals surface area contributed by atoms with Crippen molar-refractivity contribution in [2.24, 2.45) is 0 Å². The molecule has 1 aromatic heterocycles. The first kappa shape index (κ1) is 15.3. The van der Waals surface area contributed by atoms with Gasteiger partial charge in [-0.15, -0.1) is 0 Å². The molecule has 0 spiro atoms. The number of ether oxygens (including phenoxy) is 1. The molecule has 0 unspecified atom stereocenters. The molecule has 2 rings (SSSR count). The molecule has 0 radical (unpaired) electrons. The first-order valence-corrected chi connectivity index (χ1v) is 6.45. The van der Waals surface area contributed by atoms with Crippen LogP contribution >= 0.6 is 0 Å². The number of aromatic nitrogens is 3. The van der Waals surface area contributed by atoms with Crippen LogP contribution in [0.15, 0.2) is 0 Å². The van der Waals surface area contributed by atoms with E-state index < -0.39 is 10.4 Å². The minimum atomic E-state index is -4.67. The van der Waals surface area contributed by atoms with Crippen LogP contribution in [-0.2, 0) is 15.1 Å². The van der Waals surface area contributed by atoms with Crippen molar-refractivity contribution in [3.8, 4) is 0 Å². The van der Waals surface area contributed by atoms with Gasteiger partial charge in [0.15, 0.2) is 0 Å². The molecule has 108 valence electrons. The summed E-state index contributed by atoms with van der Waals surface area (Å²) in [4.78, 5) is 13.7. The highest BCUT2D eigenvalue weighted by atomic mass is 32.3. The van der Waals surface area contributed by atoms with Crippen molar-refractivity contribution in [1.29, 1.82) is 0 Å². The standard InChI is InChI=1S/C7H12N6O.H2O4S/c8-5-10-6(9)12-7(11-5)13-1-3-14-4-2-13;1-5(2,3)4/h1-4H2,(H4,8,9,10,11,12);(H2,1,2,3,4). The lowest BCUT2D eigenvalue weighted by molar-refractivity contribution is 0.122. The molecule has 0 aliphatic carbocycles. The van der Waals surface area contributed by atoms with Gasteiger partial charge in [0.25, 0.3) is 0 Å². The third kappa shape index (κ3) is 6.66. The highest BCUT2D eigenvalue weighted by Gasteiger charge is 2.14. The second kappa shape index (κ2) is 6.42. The molecule has 11 nitrogen and oxygen atoms in total. The van der Waals surface area contributed by atoms with E-state index in [0.29, 0.717) is 19.2 Å². The third-order valence-corrected chi connectivity index (χ3v) is 1.95. The van der Waals surface area contributed by atoms with Crippen molar-refractivity contribution in [3.05, 3.63) is 0 Å². The Morgan fingerprint density at radius 3 is 1.89 bits per heavy atom. The summed E-state index contributed by atoms with van der Waals surface area (Å²) in [6.45, 7) is 2.85. The summed E-state index contributed by atoms with van der Waals surface area (Å²) in [6, 6.07) is 0. The summed E-state index contributed by atoms with van der Waals surface area (Å²) in [5.74, 6) is 0.830. The van der Waals surface area contributed by atoms with Gasteiger partial charge in [0.1, 0.15) is 0 Å². The molecule has 2 heterocycles. The summed E-state index contributed by atoms with van der Waals surface area (Å²) >= 11 is 0. The van der Waals surface area contributed by atoms with E-state index >= 15 is 0 Å². The lowest BCUT2D eigenvalue weighted by Crippen LogP contribution is -2.37. The van der Waals surface area contributed by atoms with E-state index in [2.05, 4.69) is 15.0 Å². The zero-order valence-electron chi connectivity index (χ0n) is 9.80. The Bertz CT molecular complexity index is 488. The third-order valence-electron chi connectivity index (χ3n) is 1.95. The highest BCUT2D eigenvalue weighted by molar-refractivity contribution is 7.79. The second-order valence-electron chi connectivity index (χ2n) is 3.40. The quantitative estimate of drug-likeness (QED) is 0.430. The fourth-order valence-corrected chi connectivity index (χ4v) is 1.30. The molecular formula is C7H14N6O5S. The van der Waals surface area contributed by atoms with Crippen molar-refractivity contribution >= 4 is 28.2 Å². The summed E-state index contributed by atoms with van der Waals surface area (Å²) in [6.07, 6.45) is 0. The average Bonchev–Trinajstić information content (AvgIpc) is 2.26. The van der Waals surface area contributed by atoms with Gasteiger partial charge in [-0.2, -0.15) is 23.4 Å². The molecule has 19 heavy (non-hydrogen) atoms. The SMILES string of the molecule is Nc1nc(N)nc(N2CCOCC2)n1.O=S(=O)(O)O. The zero-order chi connectivity index (χ0) is 14.5. The van der Waals surface area contributed by atoms with Gasteiger partial charge in [-0.05, 0) is 0 Å². The number of nitrogen functional groups attached to an aromatic ring is 2. The first-order valence-electron chi connectivity index (χ1n) is 5.05. The van der Waals surface area contributed by atoms with E-state index in [9.17, 15) is 0 Å². The minimum Gasteiger partial charge on any atom is -0.378 e. The topological polar surface area (TPSA) is 178 Å². The van der Waals surface area contributed by atoms with Crippen molar-refractivity contribution in [2.45, 2.75) is 0 Å². The molecule has 0 aromatic carbocycles. The van der Waals surface area contributed by atoms with Crippen molar-refractivity contribution in [3.63, 3.8) is 0 Å². The molecule has 6 N–H and O–H groups in total. The minimum absolute atomic E-state index is 0.152. The van der Waals surface area contributed by atoms with Crippen LogP contribution in [0.1, 0.15) is 0 Å². The van der Waals surface area contributed by atoms with Crippen molar-refractivity contribution in [1.82, 2.24) is 15.0 Å². The van der Waals surface area contributed by atoms with Crippen LogP contribution in [0.2, 0.25) is 0 Å². The van der Waals surface area contributed by atoms with E-state index in [0.717, 1.165) is 13.1 Å². The maximum absolute atomic E-state index is 8.74. The monoisotopic (exact) mass is 294 g/mol. The van der Waals surface area contributed by atoms with Gasteiger partial charge in [0, 0.05) is 13.1 Å². The van der Waals surface area contributed by atoms with Gasteiger partial charge in [-0.1, -0.05) is 0 Å². The molecular weight excluding hydrogens is 280 g/mol. The lowest BCUT2D eigenvalue weighted by Gasteiger charge is -2.26. The highest BCUT2D eigenvalue weighted by Crippen LogP contribution is 2.11. The van der Waals surface area contributed by atoms with Crippen LogP contribution in [0, 0.1) is 0 Å². The normalized spacial score (nSPS) is 15.6. The van der Waals surface area contributed by atoms with Gasteiger partial charge in [0.05, 0.1) is 13.2 Å². The predicted octanol–water partition coefficient (Wildman–Crippen LogP) is -1.78. The van der Waals surface area contributed by atoms with Gasteiger partial charge in [-0.25, -0.2) is 0 Å². The summed E-state index contributed by atoms with van der Waals surface area (Å²) in [7, 11) is -4.67. The summed E-state index contributed by atoms with van der Waals surface area (Å²) in [5, 5.41) is 0. The van der Waals surface area contributed by atoms with E-state index in [1.54, 1.807) is 0 Å². The van der Waals surface area contributed by atoms with Crippen molar-refractivity contribution < 1.29 is 22.3 Å². The van der Waals surface area contributed by atoms with E-state index in [1.165, 1.54) is 0 Å². The molecule has 1 saturated heterocycles. The average molecular weight is 294 g/mol. The Morgan fingerprint density at radius 1 is 1.05 bits per heavy atom. The van der Waals surface area contributed by atoms with Crippen LogP contribution in [-0.4, -0.2) is 58.8 Å². The molecule has 12 heteroatoms. The van der Waals surface area contributed by atoms with Crippen LogP contribution < -0.4 is 16.4 Å². The molecule has 0 saturated carbocycles. The number of rotatable bonds is 1. The molecule has 0 bridgehead atoms. The maximum atomic E-state index is 8.74. The molecule has 1 aliphatic heterocycles. The summed E-state index contributed by atoms with van der Waals surface area (Å²) < 4.78 is 36.8. The fourth-order valence-electron chi connectivity index (χ4n) is 1.30.